The quantitative estimate of drug-likeness (QED) is 0.673. The second-order valence-electron chi connectivity index (χ2n) is 3.62. The van der Waals surface area contributed by atoms with E-state index in [1.165, 1.54) is 0 Å². The Balaban J connectivity index is 2.17. The van der Waals surface area contributed by atoms with Gasteiger partial charge in [0.15, 0.2) is 0 Å². The zero-order valence-corrected chi connectivity index (χ0v) is 8.39. The topological polar surface area (TPSA) is 49.3 Å². The van der Waals surface area contributed by atoms with Gasteiger partial charge in [0.2, 0.25) is 5.91 Å². The summed E-state index contributed by atoms with van der Waals surface area (Å²) in [5, 5.41) is 12.1. The predicted octanol–water partition coefficient (Wildman–Crippen LogP) is 0.892. The van der Waals surface area contributed by atoms with Gasteiger partial charge in [-0.15, -0.1) is 11.6 Å². The molecule has 0 spiro atoms. The zero-order chi connectivity index (χ0) is 9.68. The van der Waals surface area contributed by atoms with E-state index < -0.39 is 0 Å². The van der Waals surface area contributed by atoms with Crippen molar-refractivity contribution in [1.82, 2.24) is 5.32 Å². The molecular weight excluding hydrogens is 190 g/mol. The van der Waals surface area contributed by atoms with Gasteiger partial charge in [-0.1, -0.05) is 6.42 Å². The molecule has 3 nitrogen and oxygen atoms in total. The predicted molar refractivity (Wildman–Crippen MR) is 51.7 cm³/mol. The molecule has 13 heavy (non-hydrogen) atoms. The van der Waals surface area contributed by atoms with Gasteiger partial charge in [-0.2, -0.15) is 0 Å². The Bertz CT molecular complexity index is 175. The summed E-state index contributed by atoms with van der Waals surface area (Å²) in [6.45, 7) is 0.655. The highest BCUT2D eigenvalue weighted by Gasteiger charge is 2.20. The number of nitrogens with one attached hydrogen (secondary N) is 1. The van der Waals surface area contributed by atoms with Gasteiger partial charge in [0, 0.05) is 6.54 Å². The molecule has 1 amide bonds. The SMILES string of the molecule is O=C(CCl)NCC1CCCC(O)C1. The van der Waals surface area contributed by atoms with E-state index in [1.54, 1.807) is 0 Å². The van der Waals surface area contributed by atoms with Crippen molar-refractivity contribution in [2.45, 2.75) is 31.8 Å². The summed E-state index contributed by atoms with van der Waals surface area (Å²) in [7, 11) is 0. The van der Waals surface area contributed by atoms with Gasteiger partial charge in [-0.25, -0.2) is 0 Å². The van der Waals surface area contributed by atoms with E-state index in [2.05, 4.69) is 5.32 Å². The first-order valence-corrected chi connectivity index (χ1v) is 5.26. The summed E-state index contributed by atoms with van der Waals surface area (Å²) >= 11 is 5.34. The molecule has 1 aliphatic rings. The first-order chi connectivity index (χ1) is 6.22. The molecule has 0 bridgehead atoms. The number of rotatable bonds is 3. The molecule has 0 heterocycles. The smallest absolute Gasteiger partial charge is 0.234 e. The van der Waals surface area contributed by atoms with Gasteiger partial charge in [-0.3, -0.25) is 4.79 Å². The second kappa shape index (κ2) is 5.45. The summed E-state index contributed by atoms with van der Waals surface area (Å²) in [4.78, 5) is 10.8. The van der Waals surface area contributed by atoms with E-state index in [0.717, 1.165) is 25.7 Å². The first kappa shape index (κ1) is 10.8. The van der Waals surface area contributed by atoms with Crippen molar-refractivity contribution in [1.29, 1.82) is 0 Å². The third-order valence-corrected chi connectivity index (χ3v) is 2.71. The number of alkyl halides is 1. The minimum Gasteiger partial charge on any atom is -0.393 e. The summed E-state index contributed by atoms with van der Waals surface area (Å²) in [6.07, 6.45) is 3.69. The molecule has 2 N–H and O–H groups in total. The van der Waals surface area contributed by atoms with E-state index in [9.17, 15) is 9.90 Å². The van der Waals surface area contributed by atoms with Crippen LogP contribution in [0.4, 0.5) is 0 Å². The number of carbonyl (C=O) groups is 1. The lowest BCUT2D eigenvalue weighted by molar-refractivity contribution is -0.119. The Morgan fingerprint density at radius 2 is 2.31 bits per heavy atom. The standard InChI is InChI=1S/C9H16ClNO2/c10-5-9(13)11-6-7-2-1-3-8(12)4-7/h7-8,12H,1-6H2,(H,11,13). The van der Waals surface area contributed by atoms with Crippen LogP contribution >= 0.6 is 11.6 Å². The molecule has 1 saturated carbocycles. The number of hydrogen-bond acceptors (Lipinski definition) is 2. The van der Waals surface area contributed by atoms with Gasteiger partial charge in [0.1, 0.15) is 5.88 Å². The van der Waals surface area contributed by atoms with Gasteiger partial charge in [0.25, 0.3) is 0 Å². The molecular formula is C9H16ClNO2. The monoisotopic (exact) mass is 205 g/mol. The highest BCUT2D eigenvalue weighted by molar-refractivity contribution is 6.27. The van der Waals surface area contributed by atoms with Crippen LogP contribution in [0.15, 0.2) is 0 Å². The number of hydrogen-bond donors (Lipinski definition) is 2. The molecule has 2 unspecified atom stereocenters. The Morgan fingerprint density at radius 1 is 1.54 bits per heavy atom. The minimum absolute atomic E-state index is 0.0231. The van der Waals surface area contributed by atoms with E-state index in [-0.39, 0.29) is 17.9 Å². The van der Waals surface area contributed by atoms with Crippen LogP contribution < -0.4 is 5.32 Å². The van der Waals surface area contributed by atoms with Crippen LogP contribution in [-0.4, -0.2) is 29.5 Å². The molecule has 1 rings (SSSR count). The maximum Gasteiger partial charge on any atom is 0.234 e. The average molecular weight is 206 g/mol. The molecule has 1 aliphatic carbocycles. The van der Waals surface area contributed by atoms with E-state index >= 15 is 0 Å². The summed E-state index contributed by atoms with van der Waals surface area (Å²) in [5.41, 5.74) is 0. The number of aliphatic hydroxyl groups is 1. The fourth-order valence-corrected chi connectivity index (χ4v) is 1.85. The maximum atomic E-state index is 10.8. The molecule has 0 aliphatic heterocycles. The van der Waals surface area contributed by atoms with Crippen molar-refractivity contribution in [3.8, 4) is 0 Å². The molecule has 76 valence electrons. The van der Waals surface area contributed by atoms with Crippen LogP contribution in [0.1, 0.15) is 25.7 Å². The maximum absolute atomic E-state index is 10.8. The first-order valence-electron chi connectivity index (χ1n) is 4.73. The lowest BCUT2D eigenvalue weighted by atomic mass is 9.87. The molecule has 1 fully saturated rings. The highest BCUT2D eigenvalue weighted by Crippen LogP contribution is 2.23. The van der Waals surface area contributed by atoms with E-state index in [4.69, 9.17) is 11.6 Å². The van der Waals surface area contributed by atoms with Crippen molar-refractivity contribution in [2.24, 2.45) is 5.92 Å². The van der Waals surface area contributed by atoms with Crippen LogP contribution in [-0.2, 0) is 4.79 Å². The Kier molecular flexibility index (Phi) is 4.53. The molecule has 0 radical (unpaired) electrons. The summed E-state index contributed by atoms with van der Waals surface area (Å²) in [6, 6.07) is 0. The molecule has 0 aromatic heterocycles. The van der Waals surface area contributed by atoms with Crippen molar-refractivity contribution in [2.75, 3.05) is 12.4 Å². The van der Waals surface area contributed by atoms with Gasteiger partial charge in [0.05, 0.1) is 6.10 Å². The van der Waals surface area contributed by atoms with Gasteiger partial charge < -0.3 is 10.4 Å². The van der Waals surface area contributed by atoms with Crippen LogP contribution in [0.25, 0.3) is 0 Å². The fourth-order valence-electron chi connectivity index (χ4n) is 1.75. The Hall–Kier alpha value is -0.280. The Labute approximate surface area is 83.5 Å². The number of aliphatic hydroxyl groups excluding tert-OH is 1. The third-order valence-electron chi connectivity index (χ3n) is 2.46. The van der Waals surface area contributed by atoms with Crippen LogP contribution in [0.3, 0.4) is 0 Å². The highest BCUT2D eigenvalue weighted by atomic mass is 35.5. The van der Waals surface area contributed by atoms with E-state index in [0.29, 0.717) is 12.5 Å². The van der Waals surface area contributed by atoms with Crippen molar-refractivity contribution in [3.05, 3.63) is 0 Å². The van der Waals surface area contributed by atoms with Crippen LogP contribution in [0, 0.1) is 5.92 Å². The Morgan fingerprint density at radius 3 is 2.92 bits per heavy atom. The van der Waals surface area contributed by atoms with Gasteiger partial charge in [-0.05, 0) is 25.2 Å². The van der Waals surface area contributed by atoms with Crippen LogP contribution in [0.2, 0.25) is 0 Å². The number of carbonyl (C=O) groups excluding carboxylic acids is 1. The number of amides is 1. The molecule has 4 heteroatoms. The average Bonchev–Trinajstić information content (AvgIpc) is 2.14. The lowest BCUT2D eigenvalue weighted by Crippen LogP contribution is -2.33. The normalized spacial score (nSPS) is 28.5. The van der Waals surface area contributed by atoms with Crippen molar-refractivity contribution < 1.29 is 9.90 Å². The molecule has 0 aromatic rings. The second-order valence-corrected chi connectivity index (χ2v) is 3.89. The molecule has 0 aromatic carbocycles. The molecule has 0 saturated heterocycles. The van der Waals surface area contributed by atoms with Gasteiger partial charge >= 0.3 is 0 Å². The minimum atomic E-state index is -0.174. The largest absolute Gasteiger partial charge is 0.393 e. The summed E-state index contributed by atoms with van der Waals surface area (Å²) < 4.78 is 0. The molecule has 2 atom stereocenters. The van der Waals surface area contributed by atoms with Crippen LogP contribution in [0.5, 0.6) is 0 Å². The number of halogens is 1. The van der Waals surface area contributed by atoms with Crippen molar-refractivity contribution in [3.63, 3.8) is 0 Å². The zero-order valence-electron chi connectivity index (χ0n) is 7.63. The lowest BCUT2D eigenvalue weighted by Gasteiger charge is -2.25. The third kappa shape index (κ3) is 3.96. The fraction of sp³-hybridized carbons (Fsp3) is 0.889. The van der Waals surface area contributed by atoms with Crippen molar-refractivity contribution >= 4 is 17.5 Å². The van der Waals surface area contributed by atoms with E-state index in [1.807, 2.05) is 0 Å². The summed E-state index contributed by atoms with van der Waals surface area (Å²) in [5.74, 6) is 0.326.